The van der Waals surface area contributed by atoms with E-state index in [1.54, 1.807) is 24.3 Å². The van der Waals surface area contributed by atoms with Crippen LogP contribution in [0.15, 0.2) is 63.8 Å². The molecule has 0 bridgehead atoms. The van der Waals surface area contributed by atoms with Gasteiger partial charge in [-0.05, 0) is 35.6 Å². The predicted molar refractivity (Wildman–Crippen MR) is 103 cm³/mol. The van der Waals surface area contributed by atoms with Crippen molar-refractivity contribution in [1.82, 2.24) is 5.32 Å². The summed E-state index contributed by atoms with van der Waals surface area (Å²) in [5.74, 6) is -0.158. The number of fused-ring (bicyclic) bond motifs is 1. The number of hydrogen-bond acceptors (Lipinski definition) is 3. The summed E-state index contributed by atoms with van der Waals surface area (Å²) in [4.78, 5) is 24.9. The highest BCUT2D eigenvalue weighted by atomic mass is 16.3. The van der Waals surface area contributed by atoms with E-state index in [1.165, 1.54) is 11.6 Å². The van der Waals surface area contributed by atoms with E-state index in [-0.39, 0.29) is 29.1 Å². The van der Waals surface area contributed by atoms with Crippen LogP contribution < -0.4 is 10.7 Å². The lowest BCUT2D eigenvalue weighted by Gasteiger charge is -2.23. The number of aryl methyl sites for hydroxylation is 1. The van der Waals surface area contributed by atoms with Crippen molar-refractivity contribution in [3.8, 4) is 0 Å². The summed E-state index contributed by atoms with van der Waals surface area (Å²) in [6.45, 7) is 6.21. The zero-order valence-electron chi connectivity index (χ0n) is 15.3. The molecule has 0 saturated carbocycles. The quantitative estimate of drug-likeness (QED) is 0.739. The Morgan fingerprint density at radius 1 is 1.08 bits per heavy atom. The maximum atomic E-state index is 12.7. The third-order valence-corrected chi connectivity index (χ3v) is 4.56. The monoisotopic (exact) mass is 349 g/mol. The molecule has 4 heteroatoms. The van der Waals surface area contributed by atoms with E-state index in [4.69, 9.17) is 4.42 Å². The molecular formula is C22H23NO3. The van der Waals surface area contributed by atoms with Crippen LogP contribution in [0.1, 0.15) is 48.5 Å². The van der Waals surface area contributed by atoms with Gasteiger partial charge in [0.25, 0.3) is 5.91 Å². The van der Waals surface area contributed by atoms with E-state index in [9.17, 15) is 9.59 Å². The molecule has 1 amide bonds. The Kier molecular flexibility index (Phi) is 5.21. The second-order valence-electron chi connectivity index (χ2n) is 6.76. The molecule has 1 atom stereocenters. The number of benzene rings is 2. The van der Waals surface area contributed by atoms with Crippen molar-refractivity contribution in [2.45, 2.75) is 33.2 Å². The number of carbonyl (C=O) groups excluding carboxylic acids is 1. The van der Waals surface area contributed by atoms with Crippen molar-refractivity contribution in [3.63, 3.8) is 0 Å². The Morgan fingerprint density at radius 3 is 2.42 bits per heavy atom. The number of hydrogen-bond donors (Lipinski definition) is 1. The Morgan fingerprint density at radius 2 is 1.77 bits per heavy atom. The van der Waals surface area contributed by atoms with Crippen LogP contribution in [0, 0.1) is 5.92 Å². The second-order valence-corrected chi connectivity index (χ2v) is 6.76. The van der Waals surface area contributed by atoms with Gasteiger partial charge in [-0.3, -0.25) is 9.59 Å². The fourth-order valence-electron chi connectivity index (χ4n) is 3.02. The average molecular weight is 349 g/mol. The molecule has 134 valence electrons. The summed E-state index contributed by atoms with van der Waals surface area (Å²) in [6, 6.07) is 16.3. The highest BCUT2D eigenvalue weighted by Crippen LogP contribution is 2.23. The van der Waals surface area contributed by atoms with Crippen molar-refractivity contribution >= 4 is 16.9 Å². The molecule has 0 aliphatic carbocycles. The smallest absolute Gasteiger partial charge is 0.287 e. The van der Waals surface area contributed by atoms with Gasteiger partial charge in [0.05, 0.1) is 11.4 Å². The Hall–Kier alpha value is -2.88. The first-order valence-corrected chi connectivity index (χ1v) is 8.92. The van der Waals surface area contributed by atoms with Gasteiger partial charge in [0.15, 0.2) is 11.2 Å². The minimum Gasteiger partial charge on any atom is -0.451 e. The molecule has 0 radical (unpaired) electrons. The van der Waals surface area contributed by atoms with Gasteiger partial charge in [-0.25, -0.2) is 0 Å². The van der Waals surface area contributed by atoms with Gasteiger partial charge >= 0.3 is 0 Å². The van der Waals surface area contributed by atoms with Gasteiger partial charge < -0.3 is 9.73 Å². The SMILES string of the molecule is CCc1ccc([C@H](NC(=O)c2cc(=O)c3ccccc3o2)C(C)C)cc1. The van der Waals surface area contributed by atoms with Crippen LogP contribution in [0.3, 0.4) is 0 Å². The van der Waals surface area contributed by atoms with Crippen LogP contribution in [0.4, 0.5) is 0 Å². The molecule has 1 heterocycles. The molecule has 1 aromatic heterocycles. The molecule has 1 N–H and O–H groups in total. The minimum atomic E-state index is -0.383. The summed E-state index contributed by atoms with van der Waals surface area (Å²) >= 11 is 0. The van der Waals surface area contributed by atoms with Gasteiger partial charge in [-0.2, -0.15) is 0 Å². The highest BCUT2D eigenvalue weighted by molar-refractivity contribution is 5.93. The molecule has 3 aromatic rings. The lowest BCUT2D eigenvalue weighted by molar-refractivity contribution is 0.0898. The number of rotatable bonds is 5. The molecule has 2 aromatic carbocycles. The van der Waals surface area contributed by atoms with Crippen molar-refractivity contribution in [3.05, 3.63) is 81.7 Å². The van der Waals surface area contributed by atoms with E-state index in [0.717, 1.165) is 12.0 Å². The first-order valence-electron chi connectivity index (χ1n) is 8.92. The fraction of sp³-hybridized carbons (Fsp3) is 0.273. The van der Waals surface area contributed by atoms with Gasteiger partial charge in [-0.15, -0.1) is 0 Å². The van der Waals surface area contributed by atoms with Crippen molar-refractivity contribution in [2.24, 2.45) is 5.92 Å². The Balaban J connectivity index is 1.89. The zero-order chi connectivity index (χ0) is 18.7. The van der Waals surface area contributed by atoms with Gasteiger partial charge in [0.1, 0.15) is 5.58 Å². The molecule has 3 rings (SSSR count). The minimum absolute atomic E-state index is 0.0320. The molecule has 26 heavy (non-hydrogen) atoms. The fourth-order valence-corrected chi connectivity index (χ4v) is 3.02. The normalized spacial score (nSPS) is 12.3. The predicted octanol–water partition coefficient (Wildman–Crippen LogP) is 4.48. The van der Waals surface area contributed by atoms with Crippen molar-refractivity contribution < 1.29 is 9.21 Å². The van der Waals surface area contributed by atoms with Gasteiger partial charge in [0, 0.05) is 6.07 Å². The molecule has 0 saturated heterocycles. The van der Waals surface area contributed by atoms with Crippen LogP contribution in [-0.2, 0) is 6.42 Å². The maximum absolute atomic E-state index is 12.7. The Bertz CT molecular complexity index is 971. The molecule has 4 nitrogen and oxygen atoms in total. The van der Waals surface area contributed by atoms with E-state index in [1.807, 2.05) is 12.1 Å². The topological polar surface area (TPSA) is 59.3 Å². The van der Waals surface area contributed by atoms with Crippen molar-refractivity contribution in [1.29, 1.82) is 0 Å². The van der Waals surface area contributed by atoms with E-state index >= 15 is 0 Å². The number of nitrogens with one attached hydrogen (secondary N) is 1. The van der Waals surface area contributed by atoms with Gasteiger partial charge in [0.2, 0.25) is 0 Å². The molecule has 0 fully saturated rings. The lowest BCUT2D eigenvalue weighted by Crippen LogP contribution is -2.32. The number of para-hydroxylation sites is 1. The molecule has 0 unspecified atom stereocenters. The molecule has 0 aliphatic heterocycles. The summed E-state index contributed by atoms with van der Waals surface area (Å²) in [5.41, 5.74) is 2.49. The van der Waals surface area contributed by atoms with Crippen LogP contribution in [0.5, 0.6) is 0 Å². The number of carbonyl (C=O) groups is 1. The summed E-state index contributed by atoms with van der Waals surface area (Å²) in [5, 5.41) is 3.48. The van der Waals surface area contributed by atoms with E-state index in [2.05, 4.69) is 38.2 Å². The van der Waals surface area contributed by atoms with E-state index < -0.39 is 0 Å². The third-order valence-electron chi connectivity index (χ3n) is 4.56. The molecule has 0 spiro atoms. The summed E-state index contributed by atoms with van der Waals surface area (Å²) in [7, 11) is 0. The molecular weight excluding hydrogens is 326 g/mol. The maximum Gasteiger partial charge on any atom is 0.287 e. The summed E-state index contributed by atoms with van der Waals surface area (Å²) in [6.07, 6.45) is 0.973. The van der Waals surface area contributed by atoms with E-state index in [0.29, 0.717) is 11.0 Å². The second kappa shape index (κ2) is 7.56. The standard InChI is InChI=1S/C22H23NO3/c1-4-15-9-11-16(12-10-15)21(14(2)3)23-22(25)20-13-18(24)17-7-5-6-8-19(17)26-20/h5-14,21H,4H2,1-3H3,(H,23,25)/t21-/m1/s1. The average Bonchev–Trinajstić information content (AvgIpc) is 2.65. The molecule has 0 aliphatic rings. The highest BCUT2D eigenvalue weighted by Gasteiger charge is 2.21. The lowest BCUT2D eigenvalue weighted by atomic mass is 9.94. The largest absolute Gasteiger partial charge is 0.451 e. The van der Waals surface area contributed by atoms with Crippen LogP contribution >= 0.6 is 0 Å². The zero-order valence-corrected chi connectivity index (χ0v) is 15.3. The van der Waals surface area contributed by atoms with Crippen LogP contribution in [0.25, 0.3) is 11.0 Å². The first kappa shape index (κ1) is 17.9. The Labute approximate surface area is 152 Å². The summed E-state index contributed by atoms with van der Waals surface area (Å²) < 4.78 is 5.65. The third kappa shape index (κ3) is 3.69. The van der Waals surface area contributed by atoms with Gasteiger partial charge in [-0.1, -0.05) is 57.2 Å². The van der Waals surface area contributed by atoms with Crippen LogP contribution in [0.2, 0.25) is 0 Å². The number of amides is 1. The van der Waals surface area contributed by atoms with Crippen LogP contribution in [-0.4, -0.2) is 5.91 Å². The van der Waals surface area contributed by atoms with Crippen molar-refractivity contribution in [2.75, 3.05) is 0 Å². The first-order chi connectivity index (χ1) is 12.5.